The number of hydrogen-bond acceptors (Lipinski definition) is 3. The van der Waals surface area contributed by atoms with Gasteiger partial charge in [-0.2, -0.15) is 0 Å². The normalized spacial score (nSPS) is 16.7. The predicted octanol–water partition coefficient (Wildman–Crippen LogP) is 3.87. The van der Waals surface area contributed by atoms with Gasteiger partial charge in [0, 0.05) is 44.1 Å². The Bertz CT molecular complexity index is 810. The molecule has 1 aliphatic heterocycles. The Morgan fingerprint density at radius 3 is 2.26 bits per heavy atom. The maximum Gasteiger partial charge on any atom is 0.229 e. The van der Waals surface area contributed by atoms with Gasteiger partial charge >= 0.3 is 0 Å². The summed E-state index contributed by atoms with van der Waals surface area (Å²) in [7, 11) is 3.94. The lowest BCUT2D eigenvalue weighted by Gasteiger charge is -2.18. The molecule has 142 valence electrons. The maximum absolute atomic E-state index is 12.6. The number of carbonyl (C=O) groups is 2. The number of benzene rings is 2. The Morgan fingerprint density at radius 2 is 1.70 bits per heavy atom. The van der Waals surface area contributed by atoms with Crippen LogP contribution in [0.3, 0.4) is 0 Å². The highest BCUT2D eigenvalue weighted by molar-refractivity contribution is 6.03. The minimum absolute atomic E-state index is 0.00426. The first-order valence-corrected chi connectivity index (χ1v) is 9.33. The number of nitrogens with zero attached hydrogens (tertiary/aromatic N) is 2. The van der Waals surface area contributed by atoms with Crippen molar-refractivity contribution in [3.63, 3.8) is 0 Å². The molecule has 5 nitrogen and oxygen atoms in total. The number of rotatable bonds is 5. The molecule has 0 aromatic heterocycles. The molecule has 1 heterocycles. The minimum Gasteiger partial charge on any atom is -0.378 e. The van der Waals surface area contributed by atoms with Crippen LogP contribution in [0.1, 0.15) is 31.7 Å². The zero-order valence-electron chi connectivity index (χ0n) is 16.4. The summed E-state index contributed by atoms with van der Waals surface area (Å²) in [4.78, 5) is 28.7. The average molecular weight is 365 g/mol. The fraction of sp³-hybridized carbons (Fsp3) is 0.364. The van der Waals surface area contributed by atoms with Gasteiger partial charge < -0.3 is 15.1 Å². The van der Waals surface area contributed by atoms with Crippen molar-refractivity contribution in [1.29, 1.82) is 0 Å². The third-order valence-electron chi connectivity index (χ3n) is 5.02. The second kappa shape index (κ2) is 7.82. The van der Waals surface area contributed by atoms with E-state index in [1.807, 2.05) is 67.5 Å². The van der Waals surface area contributed by atoms with Gasteiger partial charge in [0.05, 0.1) is 5.92 Å². The van der Waals surface area contributed by atoms with E-state index in [-0.39, 0.29) is 24.2 Å². The van der Waals surface area contributed by atoms with Crippen LogP contribution in [0.5, 0.6) is 0 Å². The monoisotopic (exact) mass is 365 g/mol. The van der Waals surface area contributed by atoms with Crippen LogP contribution in [0.2, 0.25) is 0 Å². The summed E-state index contributed by atoms with van der Waals surface area (Å²) in [5.74, 6) is -0.000744. The quantitative estimate of drug-likeness (QED) is 0.875. The number of anilines is 3. The van der Waals surface area contributed by atoms with E-state index in [0.29, 0.717) is 12.5 Å². The third kappa shape index (κ3) is 4.30. The standard InChI is InChI=1S/C22H27N3O2/c1-15(2)16-5-9-20(10-6-16)25-14-17(13-21(25)26)22(27)23-18-7-11-19(12-8-18)24(3)4/h5-12,15,17H,13-14H2,1-4H3,(H,23,27). The molecule has 2 aromatic rings. The molecule has 3 rings (SSSR count). The first-order chi connectivity index (χ1) is 12.8. The Kier molecular flexibility index (Phi) is 5.49. The minimum atomic E-state index is -0.337. The first-order valence-electron chi connectivity index (χ1n) is 9.33. The number of amides is 2. The highest BCUT2D eigenvalue weighted by atomic mass is 16.2. The van der Waals surface area contributed by atoms with Crippen molar-refractivity contribution in [2.75, 3.05) is 35.8 Å². The van der Waals surface area contributed by atoms with Crippen molar-refractivity contribution >= 4 is 28.9 Å². The van der Waals surface area contributed by atoms with E-state index in [1.54, 1.807) is 4.90 Å². The molecule has 1 unspecified atom stereocenters. The van der Waals surface area contributed by atoms with Crippen LogP contribution in [0.15, 0.2) is 48.5 Å². The molecular weight excluding hydrogens is 338 g/mol. The Morgan fingerprint density at radius 1 is 1.07 bits per heavy atom. The van der Waals surface area contributed by atoms with Gasteiger partial charge in [-0.25, -0.2) is 0 Å². The maximum atomic E-state index is 12.6. The van der Waals surface area contributed by atoms with Gasteiger partial charge in [0.2, 0.25) is 11.8 Å². The molecule has 1 aliphatic rings. The smallest absolute Gasteiger partial charge is 0.229 e. The van der Waals surface area contributed by atoms with Gasteiger partial charge in [-0.05, 0) is 47.9 Å². The van der Waals surface area contributed by atoms with Crippen molar-refractivity contribution in [2.24, 2.45) is 5.92 Å². The fourth-order valence-electron chi connectivity index (χ4n) is 3.26. The SMILES string of the molecule is CC(C)c1ccc(N2CC(C(=O)Nc3ccc(N(C)C)cc3)CC2=O)cc1. The first kappa shape index (κ1) is 19.0. The van der Waals surface area contributed by atoms with Crippen molar-refractivity contribution in [3.8, 4) is 0 Å². The van der Waals surface area contributed by atoms with Gasteiger partial charge in [-0.15, -0.1) is 0 Å². The van der Waals surface area contributed by atoms with E-state index < -0.39 is 0 Å². The zero-order valence-corrected chi connectivity index (χ0v) is 16.4. The highest BCUT2D eigenvalue weighted by Gasteiger charge is 2.35. The zero-order chi connectivity index (χ0) is 19.6. The molecule has 5 heteroatoms. The molecule has 2 amide bonds. The van der Waals surface area contributed by atoms with Gasteiger partial charge in [0.1, 0.15) is 0 Å². The summed E-state index contributed by atoms with van der Waals surface area (Å²) in [6.45, 7) is 4.70. The van der Waals surface area contributed by atoms with E-state index in [4.69, 9.17) is 0 Å². The summed E-state index contributed by atoms with van der Waals surface area (Å²) < 4.78 is 0. The van der Waals surface area contributed by atoms with Gasteiger partial charge in [0.15, 0.2) is 0 Å². The average Bonchev–Trinajstić information content (AvgIpc) is 3.04. The van der Waals surface area contributed by atoms with E-state index >= 15 is 0 Å². The van der Waals surface area contributed by atoms with Crippen molar-refractivity contribution < 1.29 is 9.59 Å². The van der Waals surface area contributed by atoms with Crippen LogP contribution in [0.4, 0.5) is 17.1 Å². The third-order valence-corrected chi connectivity index (χ3v) is 5.02. The summed E-state index contributed by atoms with van der Waals surface area (Å²) in [5.41, 5.74) is 3.91. The topological polar surface area (TPSA) is 52.7 Å². The molecule has 0 spiro atoms. The van der Waals surface area contributed by atoms with Crippen molar-refractivity contribution in [1.82, 2.24) is 0 Å². The molecule has 2 aromatic carbocycles. The Hall–Kier alpha value is -2.82. The Balaban J connectivity index is 1.64. The van der Waals surface area contributed by atoms with Crippen molar-refractivity contribution in [2.45, 2.75) is 26.2 Å². The van der Waals surface area contributed by atoms with Crippen LogP contribution in [0, 0.1) is 5.92 Å². The lowest BCUT2D eigenvalue weighted by Crippen LogP contribution is -2.28. The van der Waals surface area contributed by atoms with E-state index in [9.17, 15) is 9.59 Å². The van der Waals surface area contributed by atoms with Gasteiger partial charge in [-0.3, -0.25) is 9.59 Å². The summed E-state index contributed by atoms with van der Waals surface area (Å²) in [6, 6.07) is 15.7. The van der Waals surface area contributed by atoms with Gasteiger partial charge in [0.25, 0.3) is 0 Å². The molecule has 1 atom stereocenters. The van der Waals surface area contributed by atoms with Crippen LogP contribution >= 0.6 is 0 Å². The molecule has 1 N–H and O–H groups in total. The van der Waals surface area contributed by atoms with E-state index in [2.05, 4.69) is 19.2 Å². The van der Waals surface area contributed by atoms with Crippen LogP contribution < -0.4 is 15.1 Å². The highest BCUT2D eigenvalue weighted by Crippen LogP contribution is 2.28. The fourth-order valence-corrected chi connectivity index (χ4v) is 3.26. The molecule has 0 radical (unpaired) electrons. The van der Waals surface area contributed by atoms with Crippen molar-refractivity contribution in [3.05, 3.63) is 54.1 Å². The number of hydrogen-bond donors (Lipinski definition) is 1. The molecule has 1 fully saturated rings. The molecule has 27 heavy (non-hydrogen) atoms. The largest absolute Gasteiger partial charge is 0.378 e. The summed E-state index contributed by atoms with van der Waals surface area (Å²) >= 11 is 0. The summed E-state index contributed by atoms with van der Waals surface area (Å²) in [5, 5.41) is 2.93. The van der Waals surface area contributed by atoms with E-state index in [0.717, 1.165) is 17.1 Å². The van der Waals surface area contributed by atoms with E-state index in [1.165, 1.54) is 5.56 Å². The molecule has 0 saturated carbocycles. The molecule has 0 bridgehead atoms. The lowest BCUT2D eigenvalue weighted by atomic mass is 10.0. The molecule has 1 saturated heterocycles. The van der Waals surface area contributed by atoms with Crippen LogP contribution in [-0.2, 0) is 9.59 Å². The predicted molar refractivity (Wildman–Crippen MR) is 110 cm³/mol. The summed E-state index contributed by atoms with van der Waals surface area (Å²) in [6.07, 6.45) is 0.244. The van der Waals surface area contributed by atoms with Gasteiger partial charge in [-0.1, -0.05) is 26.0 Å². The molecule has 0 aliphatic carbocycles. The second-order valence-electron chi connectivity index (χ2n) is 7.58. The number of carbonyl (C=O) groups excluding carboxylic acids is 2. The second-order valence-corrected chi connectivity index (χ2v) is 7.58. The number of nitrogens with one attached hydrogen (secondary N) is 1. The Labute approximate surface area is 161 Å². The molecular formula is C22H27N3O2. The van der Waals surface area contributed by atoms with Crippen LogP contribution in [-0.4, -0.2) is 32.5 Å². The lowest BCUT2D eigenvalue weighted by molar-refractivity contribution is -0.122. The van der Waals surface area contributed by atoms with Crippen LogP contribution in [0.25, 0.3) is 0 Å².